The smallest absolute Gasteiger partial charge is 0.277 e. The lowest BCUT2D eigenvalue weighted by Gasteiger charge is -2.09. The van der Waals surface area contributed by atoms with Crippen molar-refractivity contribution in [2.75, 3.05) is 18.2 Å². The SMILES string of the molecule is COc1ccc(NC(=O)CSc2nnc(-c3cccc(Br)c3)o2)c(C)c1. The number of benzene rings is 2. The maximum absolute atomic E-state index is 12.2. The van der Waals surface area contributed by atoms with Crippen LogP contribution in [0.1, 0.15) is 5.56 Å². The molecule has 0 unspecified atom stereocenters. The van der Waals surface area contributed by atoms with Gasteiger partial charge in [0.25, 0.3) is 5.22 Å². The number of carbonyl (C=O) groups is 1. The van der Waals surface area contributed by atoms with E-state index in [2.05, 4.69) is 31.4 Å². The summed E-state index contributed by atoms with van der Waals surface area (Å²) in [5, 5.41) is 11.2. The number of thioether (sulfide) groups is 1. The molecule has 0 aliphatic heterocycles. The fourth-order valence-corrected chi connectivity index (χ4v) is 3.19. The fourth-order valence-electron chi connectivity index (χ4n) is 2.22. The number of aryl methyl sites for hydroxylation is 1. The lowest BCUT2D eigenvalue weighted by Crippen LogP contribution is -2.14. The van der Waals surface area contributed by atoms with Crippen LogP contribution in [0.25, 0.3) is 11.5 Å². The van der Waals surface area contributed by atoms with Crippen molar-refractivity contribution in [1.29, 1.82) is 0 Å². The fraction of sp³-hybridized carbons (Fsp3) is 0.167. The number of hydrogen-bond donors (Lipinski definition) is 1. The number of anilines is 1. The van der Waals surface area contributed by atoms with E-state index in [0.717, 1.165) is 27.0 Å². The van der Waals surface area contributed by atoms with E-state index in [1.165, 1.54) is 11.8 Å². The number of hydrogen-bond acceptors (Lipinski definition) is 6. The summed E-state index contributed by atoms with van der Waals surface area (Å²) in [6.07, 6.45) is 0. The zero-order valence-corrected chi connectivity index (χ0v) is 16.6. The number of amides is 1. The average Bonchev–Trinajstić information content (AvgIpc) is 3.11. The third kappa shape index (κ3) is 4.64. The topological polar surface area (TPSA) is 77.2 Å². The Balaban J connectivity index is 1.58. The second kappa shape index (κ2) is 8.37. The Kier molecular flexibility index (Phi) is 5.95. The number of ether oxygens (including phenoxy) is 1. The summed E-state index contributed by atoms with van der Waals surface area (Å²) in [4.78, 5) is 12.2. The maximum atomic E-state index is 12.2. The standard InChI is InChI=1S/C18H16BrN3O3S/c1-11-8-14(24-2)6-7-15(11)20-16(23)10-26-18-22-21-17(25-18)12-4-3-5-13(19)9-12/h3-9H,10H2,1-2H3,(H,20,23). The highest BCUT2D eigenvalue weighted by Gasteiger charge is 2.12. The first-order valence-corrected chi connectivity index (χ1v) is 9.50. The largest absolute Gasteiger partial charge is 0.497 e. The Morgan fingerprint density at radius 2 is 2.12 bits per heavy atom. The van der Waals surface area contributed by atoms with Gasteiger partial charge in [0.2, 0.25) is 11.8 Å². The van der Waals surface area contributed by atoms with E-state index in [1.54, 1.807) is 13.2 Å². The molecule has 1 amide bonds. The van der Waals surface area contributed by atoms with Crippen molar-refractivity contribution in [2.24, 2.45) is 0 Å². The van der Waals surface area contributed by atoms with Crippen molar-refractivity contribution in [3.63, 3.8) is 0 Å². The van der Waals surface area contributed by atoms with Crippen LogP contribution in [0.3, 0.4) is 0 Å². The van der Waals surface area contributed by atoms with Crippen LogP contribution < -0.4 is 10.1 Å². The van der Waals surface area contributed by atoms with Gasteiger partial charge in [-0.2, -0.15) is 0 Å². The molecule has 0 saturated heterocycles. The van der Waals surface area contributed by atoms with Crippen molar-refractivity contribution in [2.45, 2.75) is 12.1 Å². The van der Waals surface area contributed by atoms with Gasteiger partial charge in [-0.15, -0.1) is 10.2 Å². The van der Waals surface area contributed by atoms with Crippen LogP contribution in [0.5, 0.6) is 5.75 Å². The Bertz CT molecular complexity index is 930. The number of carbonyl (C=O) groups excluding carboxylic acids is 1. The minimum absolute atomic E-state index is 0.148. The third-order valence-electron chi connectivity index (χ3n) is 3.51. The van der Waals surface area contributed by atoms with Crippen LogP contribution >= 0.6 is 27.7 Å². The highest BCUT2D eigenvalue weighted by atomic mass is 79.9. The van der Waals surface area contributed by atoms with E-state index in [9.17, 15) is 4.79 Å². The van der Waals surface area contributed by atoms with Crippen LogP contribution in [0.4, 0.5) is 5.69 Å². The number of rotatable bonds is 6. The van der Waals surface area contributed by atoms with Crippen LogP contribution in [-0.4, -0.2) is 29.0 Å². The van der Waals surface area contributed by atoms with Crippen molar-refractivity contribution < 1.29 is 13.9 Å². The highest BCUT2D eigenvalue weighted by Crippen LogP contribution is 2.26. The molecule has 0 saturated carbocycles. The molecule has 1 aromatic heterocycles. The molecule has 1 heterocycles. The molecule has 0 atom stereocenters. The monoisotopic (exact) mass is 433 g/mol. The molecule has 0 bridgehead atoms. The van der Waals surface area contributed by atoms with Crippen LogP contribution in [0.15, 0.2) is 56.6 Å². The highest BCUT2D eigenvalue weighted by molar-refractivity contribution is 9.10. The molecule has 3 rings (SSSR count). The number of nitrogens with zero attached hydrogens (tertiary/aromatic N) is 2. The van der Waals surface area contributed by atoms with Gasteiger partial charge in [-0.25, -0.2) is 0 Å². The van der Waals surface area contributed by atoms with Crippen molar-refractivity contribution in [3.8, 4) is 17.2 Å². The van der Waals surface area contributed by atoms with Gasteiger partial charge in [0, 0.05) is 15.7 Å². The molecule has 6 nitrogen and oxygen atoms in total. The third-order valence-corrected chi connectivity index (χ3v) is 4.82. The normalized spacial score (nSPS) is 10.6. The summed E-state index contributed by atoms with van der Waals surface area (Å²) < 4.78 is 11.7. The molecule has 26 heavy (non-hydrogen) atoms. The van der Waals surface area contributed by atoms with E-state index in [0.29, 0.717) is 11.1 Å². The molecular weight excluding hydrogens is 418 g/mol. The molecule has 1 N–H and O–H groups in total. The molecule has 0 aliphatic carbocycles. The summed E-state index contributed by atoms with van der Waals surface area (Å²) in [6, 6.07) is 13.1. The minimum Gasteiger partial charge on any atom is -0.497 e. The van der Waals surface area contributed by atoms with E-state index in [-0.39, 0.29) is 11.7 Å². The Morgan fingerprint density at radius 3 is 2.85 bits per heavy atom. The quantitative estimate of drug-likeness (QED) is 0.574. The van der Waals surface area contributed by atoms with E-state index in [1.807, 2.05) is 43.3 Å². The Hall–Kier alpha value is -2.32. The molecule has 3 aromatic rings. The summed E-state index contributed by atoms with van der Waals surface area (Å²) >= 11 is 4.60. The molecule has 0 radical (unpaired) electrons. The van der Waals surface area contributed by atoms with Crippen molar-refractivity contribution in [3.05, 3.63) is 52.5 Å². The number of nitrogens with one attached hydrogen (secondary N) is 1. The first-order chi connectivity index (χ1) is 12.5. The number of aromatic nitrogens is 2. The summed E-state index contributed by atoms with van der Waals surface area (Å²) in [7, 11) is 1.61. The summed E-state index contributed by atoms with van der Waals surface area (Å²) in [5.41, 5.74) is 2.49. The van der Waals surface area contributed by atoms with Gasteiger partial charge in [0.15, 0.2) is 0 Å². The van der Waals surface area contributed by atoms with Crippen molar-refractivity contribution >= 4 is 39.3 Å². The van der Waals surface area contributed by atoms with Gasteiger partial charge in [-0.05, 0) is 48.9 Å². The van der Waals surface area contributed by atoms with Crippen LogP contribution in [0.2, 0.25) is 0 Å². The zero-order chi connectivity index (χ0) is 18.5. The lowest BCUT2D eigenvalue weighted by atomic mass is 10.2. The Labute approximate surface area is 163 Å². The van der Waals surface area contributed by atoms with Gasteiger partial charge < -0.3 is 14.5 Å². The molecule has 2 aromatic carbocycles. The second-order valence-electron chi connectivity index (χ2n) is 5.40. The predicted molar refractivity (Wildman–Crippen MR) is 105 cm³/mol. The molecule has 134 valence electrons. The maximum Gasteiger partial charge on any atom is 0.277 e. The molecule has 8 heteroatoms. The van der Waals surface area contributed by atoms with Gasteiger partial charge >= 0.3 is 0 Å². The molecule has 0 aliphatic rings. The van der Waals surface area contributed by atoms with Crippen molar-refractivity contribution in [1.82, 2.24) is 10.2 Å². The predicted octanol–water partition coefficient (Wildman–Crippen LogP) is 4.55. The van der Waals surface area contributed by atoms with Gasteiger partial charge in [-0.1, -0.05) is 33.8 Å². The zero-order valence-electron chi connectivity index (χ0n) is 14.2. The molecule has 0 fully saturated rings. The summed E-state index contributed by atoms with van der Waals surface area (Å²) in [6.45, 7) is 1.91. The molecule has 0 spiro atoms. The van der Waals surface area contributed by atoms with E-state index < -0.39 is 0 Å². The van der Waals surface area contributed by atoms with E-state index in [4.69, 9.17) is 9.15 Å². The number of methoxy groups -OCH3 is 1. The van der Waals surface area contributed by atoms with Crippen LogP contribution in [0, 0.1) is 6.92 Å². The second-order valence-corrected chi connectivity index (χ2v) is 7.24. The first kappa shape index (κ1) is 18.5. The average molecular weight is 434 g/mol. The van der Waals surface area contributed by atoms with Gasteiger partial charge in [0.1, 0.15) is 5.75 Å². The number of halogens is 1. The Morgan fingerprint density at radius 1 is 1.27 bits per heavy atom. The van der Waals surface area contributed by atoms with E-state index >= 15 is 0 Å². The minimum atomic E-state index is -0.148. The summed E-state index contributed by atoms with van der Waals surface area (Å²) in [5.74, 6) is 1.19. The lowest BCUT2D eigenvalue weighted by molar-refractivity contribution is -0.113. The first-order valence-electron chi connectivity index (χ1n) is 7.72. The van der Waals surface area contributed by atoms with Gasteiger partial charge in [0.05, 0.1) is 12.9 Å². The van der Waals surface area contributed by atoms with Crippen LogP contribution in [-0.2, 0) is 4.79 Å². The van der Waals surface area contributed by atoms with Gasteiger partial charge in [-0.3, -0.25) is 4.79 Å². The molecular formula is C18H16BrN3O3S.